The summed E-state index contributed by atoms with van der Waals surface area (Å²) in [7, 11) is 0.651. The molecule has 1 heterocycles. The zero-order chi connectivity index (χ0) is 22.2. The van der Waals surface area contributed by atoms with Crippen LogP contribution in [-0.4, -0.2) is 25.0 Å². The van der Waals surface area contributed by atoms with Crippen LogP contribution in [0.1, 0.15) is 54.7 Å². The first-order valence-corrected chi connectivity index (χ1v) is 13.2. The Balaban J connectivity index is 2.09. The van der Waals surface area contributed by atoms with Crippen LogP contribution in [0.4, 0.5) is 0 Å². The Morgan fingerprint density at radius 3 is 1.91 bits per heavy atom. The molecule has 1 aliphatic rings. The van der Waals surface area contributed by atoms with Gasteiger partial charge >= 0.3 is 5.97 Å². The van der Waals surface area contributed by atoms with Gasteiger partial charge < -0.3 is 4.74 Å². The van der Waals surface area contributed by atoms with Crippen molar-refractivity contribution in [3.8, 4) is 0 Å². The Bertz CT molecular complexity index is 989. The number of rotatable bonds is 4. The van der Waals surface area contributed by atoms with Gasteiger partial charge in [-0.25, -0.2) is 4.79 Å². The van der Waals surface area contributed by atoms with E-state index >= 15 is 0 Å². The molecule has 1 radical (unpaired) electrons. The maximum absolute atomic E-state index is 12.7. The van der Waals surface area contributed by atoms with Crippen molar-refractivity contribution in [3.05, 3.63) is 108 Å². The summed E-state index contributed by atoms with van der Waals surface area (Å²) in [5.74, 6) is 1.99. The maximum atomic E-state index is 12.7. The molecule has 2 unspecified atom stereocenters. The standard InChI is InChI=1S/C29H32O2P/c1-31-28(30)23-32-22-14-3-2-13-21-27(24-15-7-4-8-16-24)29(32,25-17-9-5-10-18-25)26-19-11-6-12-20-26/h4-12,15-20,23,27H,2-3,13-14,21-22H2,1H3. The minimum Gasteiger partial charge on any atom is -0.466 e. The Morgan fingerprint density at radius 1 is 0.812 bits per heavy atom. The van der Waals surface area contributed by atoms with Gasteiger partial charge in [0.1, 0.15) is 0 Å². The monoisotopic (exact) mass is 443 g/mol. The van der Waals surface area contributed by atoms with Gasteiger partial charge in [-0.05, 0) is 35.7 Å². The topological polar surface area (TPSA) is 26.3 Å². The second kappa shape index (κ2) is 10.7. The summed E-state index contributed by atoms with van der Waals surface area (Å²) in [6, 6.07) is 32.7. The number of methoxy groups -OCH3 is 1. The van der Waals surface area contributed by atoms with E-state index in [0.717, 1.165) is 19.0 Å². The molecule has 0 N–H and O–H groups in total. The van der Waals surface area contributed by atoms with Crippen LogP contribution in [0.3, 0.4) is 0 Å². The number of hydrogen-bond donors (Lipinski definition) is 0. The third-order valence-corrected chi connectivity index (χ3v) is 9.75. The molecule has 3 aromatic rings. The van der Waals surface area contributed by atoms with Gasteiger partial charge in [0.05, 0.1) is 12.3 Å². The fourth-order valence-corrected chi connectivity index (χ4v) is 8.54. The molecule has 1 saturated heterocycles. The van der Waals surface area contributed by atoms with E-state index in [0.29, 0.717) is 0 Å². The average molecular weight is 444 g/mol. The molecule has 0 amide bonds. The Morgan fingerprint density at radius 2 is 1.34 bits per heavy atom. The third-order valence-electron chi connectivity index (χ3n) is 6.69. The molecule has 32 heavy (non-hydrogen) atoms. The van der Waals surface area contributed by atoms with Crippen molar-refractivity contribution in [3.63, 3.8) is 0 Å². The number of esters is 1. The lowest BCUT2D eigenvalue weighted by atomic mass is 9.74. The summed E-state index contributed by atoms with van der Waals surface area (Å²) >= 11 is 0. The fraction of sp³-hybridized carbons (Fsp3) is 0.310. The van der Waals surface area contributed by atoms with Gasteiger partial charge in [-0.3, -0.25) is 0 Å². The predicted octanol–water partition coefficient (Wildman–Crippen LogP) is 7.14. The Hall–Kier alpha value is -2.70. The van der Waals surface area contributed by atoms with Crippen molar-refractivity contribution in [2.45, 2.75) is 43.2 Å². The lowest BCUT2D eigenvalue weighted by molar-refractivity contribution is -0.132. The van der Waals surface area contributed by atoms with Gasteiger partial charge in [0.25, 0.3) is 0 Å². The summed E-state index contributed by atoms with van der Waals surface area (Å²) in [5, 5.41) is -0.294. The smallest absolute Gasteiger partial charge is 0.334 e. The van der Waals surface area contributed by atoms with Crippen LogP contribution in [0.25, 0.3) is 0 Å². The number of carbonyl (C=O) groups excluding carboxylic acids is 1. The molecule has 3 heteroatoms. The molecule has 1 fully saturated rings. The van der Waals surface area contributed by atoms with E-state index < -0.39 is 7.55 Å². The maximum Gasteiger partial charge on any atom is 0.334 e. The normalized spacial score (nSPS) is 20.0. The van der Waals surface area contributed by atoms with Gasteiger partial charge in [-0.15, -0.1) is 7.55 Å². The summed E-state index contributed by atoms with van der Waals surface area (Å²) < 4.78 is 5.18. The molecule has 0 saturated carbocycles. The molecule has 2 nitrogen and oxygen atoms in total. The van der Waals surface area contributed by atoms with Gasteiger partial charge in [0.2, 0.25) is 0 Å². The van der Waals surface area contributed by atoms with Gasteiger partial charge in [-0.1, -0.05) is 110 Å². The molecule has 0 spiro atoms. The molecule has 0 bridgehead atoms. The molecule has 165 valence electrons. The second-order valence-corrected chi connectivity index (χ2v) is 10.9. The largest absolute Gasteiger partial charge is 0.466 e. The minimum atomic E-state index is -0.840. The number of carbonyl (C=O) groups is 1. The highest BCUT2D eigenvalue weighted by atomic mass is 31.1. The first kappa shape index (κ1) is 22.5. The molecular formula is C29H32O2P. The highest BCUT2D eigenvalue weighted by Crippen LogP contribution is 2.62. The Kier molecular flexibility index (Phi) is 7.55. The summed E-state index contributed by atoms with van der Waals surface area (Å²) in [6.45, 7) is 0. The molecule has 0 aliphatic carbocycles. The average Bonchev–Trinajstić information content (AvgIpc) is 2.95. The molecule has 3 aromatic carbocycles. The first-order chi connectivity index (χ1) is 15.8. The van der Waals surface area contributed by atoms with E-state index in [1.165, 1.54) is 43.1 Å². The third kappa shape index (κ3) is 4.57. The second-order valence-electron chi connectivity index (χ2n) is 8.51. The van der Waals surface area contributed by atoms with Gasteiger partial charge in [0.15, 0.2) is 0 Å². The van der Waals surface area contributed by atoms with Gasteiger partial charge in [0, 0.05) is 11.7 Å². The van der Waals surface area contributed by atoms with Crippen molar-refractivity contribution in [2.24, 2.45) is 0 Å². The van der Waals surface area contributed by atoms with Crippen LogP contribution >= 0.6 is 7.55 Å². The highest BCUT2D eigenvalue weighted by Gasteiger charge is 2.45. The Labute approximate surface area is 193 Å². The van der Waals surface area contributed by atoms with E-state index in [9.17, 15) is 4.79 Å². The van der Waals surface area contributed by atoms with E-state index in [1.807, 2.05) is 5.80 Å². The van der Waals surface area contributed by atoms with E-state index in [4.69, 9.17) is 4.74 Å². The molecule has 1 aliphatic heterocycles. The lowest BCUT2D eigenvalue weighted by Gasteiger charge is -2.45. The molecular weight excluding hydrogens is 411 g/mol. The SMILES string of the molecule is COC(=O)C=[P]1CCCCCCC(c2ccccc2)C1(c1ccccc1)c1ccccc1. The number of hydrogen-bond acceptors (Lipinski definition) is 2. The molecule has 0 aromatic heterocycles. The van der Waals surface area contributed by atoms with E-state index in [-0.39, 0.29) is 17.0 Å². The quantitative estimate of drug-likeness (QED) is 0.317. The van der Waals surface area contributed by atoms with Crippen LogP contribution in [0.2, 0.25) is 0 Å². The van der Waals surface area contributed by atoms with Crippen molar-refractivity contribution in [2.75, 3.05) is 13.3 Å². The van der Waals surface area contributed by atoms with Gasteiger partial charge in [-0.2, -0.15) is 0 Å². The number of ether oxygens (including phenoxy) is 1. The van der Waals surface area contributed by atoms with Crippen LogP contribution in [-0.2, 0) is 14.7 Å². The molecule has 4 rings (SSSR count). The summed E-state index contributed by atoms with van der Waals surface area (Å²) in [6.07, 6.45) is 6.92. The minimum absolute atomic E-state index is 0.210. The van der Waals surface area contributed by atoms with Crippen molar-refractivity contribution in [1.82, 2.24) is 0 Å². The number of benzene rings is 3. The zero-order valence-electron chi connectivity index (χ0n) is 18.8. The fourth-order valence-electron chi connectivity index (χ4n) is 5.29. The van der Waals surface area contributed by atoms with Crippen LogP contribution in [0.5, 0.6) is 0 Å². The van der Waals surface area contributed by atoms with Crippen LogP contribution in [0, 0.1) is 0 Å². The summed E-state index contributed by atoms with van der Waals surface area (Å²) in [5.41, 5.74) is 3.95. The van der Waals surface area contributed by atoms with Crippen molar-refractivity contribution in [1.29, 1.82) is 0 Å². The van der Waals surface area contributed by atoms with E-state index in [2.05, 4.69) is 91.0 Å². The predicted molar refractivity (Wildman–Crippen MR) is 136 cm³/mol. The highest BCUT2D eigenvalue weighted by molar-refractivity contribution is 7.60. The van der Waals surface area contributed by atoms with Crippen LogP contribution < -0.4 is 0 Å². The summed E-state index contributed by atoms with van der Waals surface area (Å²) in [4.78, 5) is 12.7. The van der Waals surface area contributed by atoms with Crippen LogP contribution in [0.15, 0.2) is 91.0 Å². The zero-order valence-corrected chi connectivity index (χ0v) is 19.7. The van der Waals surface area contributed by atoms with Crippen molar-refractivity contribution >= 4 is 19.3 Å². The van der Waals surface area contributed by atoms with E-state index in [1.54, 1.807) is 0 Å². The first-order valence-electron chi connectivity index (χ1n) is 11.6. The lowest BCUT2D eigenvalue weighted by Crippen LogP contribution is -2.33. The van der Waals surface area contributed by atoms with Crippen molar-refractivity contribution < 1.29 is 9.53 Å². The molecule has 2 atom stereocenters.